The van der Waals surface area contributed by atoms with Crippen LogP contribution >= 0.6 is 0 Å². The average molecular weight is 358 g/mol. The lowest BCUT2D eigenvalue weighted by Crippen LogP contribution is -2.52. The number of hydrogen-bond acceptors (Lipinski definition) is 5. The number of nitrogens with zero attached hydrogens (tertiary/aromatic N) is 1. The summed E-state index contributed by atoms with van der Waals surface area (Å²) in [6, 6.07) is 1.07. The molecule has 25 heavy (non-hydrogen) atoms. The van der Waals surface area contributed by atoms with E-state index in [9.17, 15) is 19.5 Å². The first-order valence-electron chi connectivity index (χ1n) is 8.09. The molecule has 0 spiro atoms. The second-order valence-electron chi connectivity index (χ2n) is 6.89. The van der Waals surface area contributed by atoms with Gasteiger partial charge in [-0.15, -0.1) is 0 Å². The normalized spacial score (nSPS) is 33.3. The predicted octanol–water partition coefficient (Wildman–Crippen LogP) is 0.804. The highest BCUT2D eigenvalue weighted by Crippen LogP contribution is 2.48. The van der Waals surface area contributed by atoms with Crippen molar-refractivity contribution < 1.29 is 24.1 Å². The molecule has 0 saturated carbocycles. The fourth-order valence-corrected chi connectivity index (χ4v) is 3.00. The van der Waals surface area contributed by atoms with Gasteiger partial charge in [0.05, 0.1) is 12.0 Å². The van der Waals surface area contributed by atoms with E-state index in [0.29, 0.717) is 12.8 Å². The van der Waals surface area contributed by atoms with Gasteiger partial charge in [0.25, 0.3) is 5.56 Å². The molecule has 1 saturated heterocycles. The highest BCUT2D eigenvalue weighted by atomic mass is 19.1. The van der Waals surface area contributed by atoms with Crippen LogP contribution in [-0.2, 0) is 9.53 Å². The van der Waals surface area contributed by atoms with E-state index in [4.69, 9.17) is 9.84 Å². The van der Waals surface area contributed by atoms with Crippen molar-refractivity contribution in [2.75, 3.05) is 0 Å². The van der Waals surface area contributed by atoms with E-state index in [1.807, 2.05) is 4.98 Å². The SMILES string of the molecule is CC(CCC[C@H]1O[C@H](n2ccc(=O)[nH]c2=O)[C@](C)(F)[C@@]1(C)O)C(=O)O. The van der Waals surface area contributed by atoms with Gasteiger partial charge in [-0.05, 0) is 33.1 Å². The van der Waals surface area contributed by atoms with Crippen molar-refractivity contribution in [1.29, 1.82) is 0 Å². The molecule has 8 nitrogen and oxygen atoms in total. The van der Waals surface area contributed by atoms with Crippen LogP contribution in [0, 0.1) is 5.92 Å². The Labute approximate surface area is 143 Å². The number of carbonyl (C=O) groups is 1. The molecule has 1 unspecified atom stereocenters. The summed E-state index contributed by atoms with van der Waals surface area (Å²) in [5.74, 6) is -1.48. The van der Waals surface area contributed by atoms with Crippen LogP contribution in [-0.4, -0.2) is 43.1 Å². The first-order chi connectivity index (χ1) is 11.5. The number of aliphatic carboxylic acids is 1. The molecule has 140 valence electrons. The Bertz CT molecular complexity index is 753. The van der Waals surface area contributed by atoms with Gasteiger partial charge in [-0.2, -0.15) is 0 Å². The number of aliphatic hydroxyl groups is 1. The predicted molar refractivity (Wildman–Crippen MR) is 86.0 cm³/mol. The van der Waals surface area contributed by atoms with Gasteiger partial charge in [0.1, 0.15) is 5.60 Å². The van der Waals surface area contributed by atoms with E-state index in [2.05, 4.69) is 0 Å². The lowest BCUT2D eigenvalue weighted by atomic mass is 9.82. The first kappa shape index (κ1) is 19.3. The highest BCUT2D eigenvalue weighted by molar-refractivity contribution is 5.69. The summed E-state index contributed by atoms with van der Waals surface area (Å²) in [6.45, 7) is 3.99. The summed E-state index contributed by atoms with van der Waals surface area (Å²) >= 11 is 0. The number of nitrogens with one attached hydrogen (secondary N) is 1. The van der Waals surface area contributed by atoms with Crippen molar-refractivity contribution in [2.45, 2.75) is 63.6 Å². The summed E-state index contributed by atoms with van der Waals surface area (Å²) < 4.78 is 21.8. The molecule has 3 N–H and O–H groups in total. The Hall–Kier alpha value is -2.00. The Morgan fingerprint density at radius 3 is 2.68 bits per heavy atom. The maximum Gasteiger partial charge on any atom is 0.330 e. The molecular formula is C16H23FN2O6. The minimum Gasteiger partial charge on any atom is -0.481 e. The molecule has 0 radical (unpaired) electrons. The second kappa shape index (κ2) is 6.72. The van der Waals surface area contributed by atoms with Crippen molar-refractivity contribution in [2.24, 2.45) is 5.92 Å². The highest BCUT2D eigenvalue weighted by Gasteiger charge is 2.62. The summed E-state index contributed by atoms with van der Waals surface area (Å²) in [7, 11) is 0. The largest absolute Gasteiger partial charge is 0.481 e. The van der Waals surface area contributed by atoms with Crippen LogP contribution in [0.25, 0.3) is 0 Å². The smallest absolute Gasteiger partial charge is 0.330 e. The molecule has 1 aromatic rings. The quantitative estimate of drug-likeness (QED) is 0.692. The molecule has 2 heterocycles. The topological polar surface area (TPSA) is 122 Å². The molecule has 5 atom stereocenters. The number of alkyl halides is 1. The number of H-pyrrole nitrogens is 1. The standard InChI is InChI=1S/C16H23FN2O6/c1-9(12(21)22)5-4-6-10-16(3,24)15(2,17)13(25-10)19-8-7-11(20)18-14(19)23/h7-10,13,24H,4-6H2,1-3H3,(H,21,22)(H,18,20,23)/t9?,10-,13+,15+,16+/m1/s1. The Kier molecular flexibility index (Phi) is 5.19. The van der Waals surface area contributed by atoms with E-state index in [1.54, 1.807) is 6.92 Å². The maximum atomic E-state index is 15.3. The summed E-state index contributed by atoms with van der Waals surface area (Å²) in [5, 5.41) is 19.5. The molecule has 1 aromatic heterocycles. The number of carboxylic acid groups (broad SMARTS) is 1. The second-order valence-corrected chi connectivity index (χ2v) is 6.89. The van der Waals surface area contributed by atoms with Gasteiger partial charge in [0.15, 0.2) is 11.9 Å². The molecule has 1 aliphatic rings. The number of rotatable bonds is 6. The molecule has 0 aliphatic carbocycles. The van der Waals surface area contributed by atoms with Crippen LogP contribution in [0.15, 0.2) is 21.9 Å². The van der Waals surface area contributed by atoms with E-state index < -0.39 is 46.7 Å². The molecular weight excluding hydrogens is 335 g/mol. The van der Waals surface area contributed by atoms with E-state index in [0.717, 1.165) is 23.8 Å². The van der Waals surface area contributed by atoms with Crippen molar-refractivity contribution in [3.05, 3.63) is 33.1 Å². The van der Waals surface area contributed by atoms with Crippen molar-refractivity contribution in [3.8, 4) is 0 Å². The minimum atomic E-state index is -2.29. The number of aromatic nitrogens is 2. The Balaban J connectivity index is 2.20. The number of aromatic amines is 1. The third-order valence-corrected chi connectivity index (χ3v) is 5.00. The molecule has 1 aliphatic heterocycles. The zero-order chi connectivity index (χ0) is 19.0. The number of hydrogen-bond donors (Lipinski definition) is 3. The molecule has 0 amide bonds. The third-order valence-electron chi connectivity index (χ3n) is 5.00. The minimum absolute atomic E-state index is 0.235. The fraction of sp³-hybridized carbons (Fsp3) is 0.688. The summed E-state index contributed by atoms with van der Waals surface area (Å²) in [4.78, 5) is 36.0. The lowest BCUT2D eigenvalue weighted by molar-refractivity contribution is -0.141. The van der Waals surface area contributed by atoms with E-state index in [-0.39, 0.29) is 6.42 Å². The zero-order valence-electron chi connectivity index (χ0n) is 14.4. The van der Waals surface area contributed by atoms with Gasteiger partial charge >= 0.3 is 11.7 Å². The first-order valence-corrected chi connectivity index (χ1v) is 8.09. The fourth-order valence-electron chi connectivity index (χ4n) is 3.00. The van der Waals surface area contributed by atoms with Crippen LogP contribution < -0.4 is 11.2 Å². The number of ether oxygens (including phenoxy) is 1. The summed E-state index contributed by atoms with van der Waals surface area (Å²) in [5.41, 5.74) is -5.64. The molecule has 0 bridgehead atoms. The van der Waals surface area contributed by atoms with Crippen molar-refractivity contribution in [3.63, 3.8) is 0 Å². The molecule has 9 heteroatoms. The monoisotopic (exact) mass is 358 g/mol. The molecule has 0 aromatic carbocycles. The van der Waals surface area contributed by atoms with Gasteiger partial charge in [-0.1, -0.05) is 6.92 Å². The number of halogens is 1. The van der Waals surface area contributed by atoms with Crippen LogP contribution in [0.4, 0.5) is 4.39 Å². The van der Waals surface area contributed by atoms with Crippen molar-refractivity contribution in [1.82, 2.24) is 9.55 Å². The maximum absolute atomic E-state index is 15.3. The van der Waals surface area contributed by atoms with Gasteiger partial charge in [-0.25, -0.2) is 9.18 Å². The van der Waals surface area contributed by atoms with Crippen LogP contribution in [0.1, 0.15) is 46.3 Å². The van der Waals surface area contributed by atoms with E-state index >= 15 is 4.39 Å². The van der Waals surface area contributed by atoms with Gasteiger partial charge < -0.3 is 14.9 Å². The van der Waals surface area contributed by atoms with Gasteiger partial charge in [0.2, 0.25) is 0 Å². The molecule has 2 rings (SSSR count). The van der Waals surface area contributed by atoms with Crippen molar-refractivity contribution >= 4 is 5.97 Å². The number of carboxylic acids is 1. The Morgan fingerprint density at radius 1 is 1.48 bits per heavy atom. The van der Waals surface area contributed by atoms with Crippen LogP contribution in [0.2, 0.25) is 0 Å². The van der Waals surface area contributed by atoms with Crippen LogP contribution in [0.3, 0.4) is 0 Å². The van der Waals surface area contributed by atoms with Gasteiger partial charge in [-0.3, -0.25) is 19.1 Å². The van der Waals surface area contributed by atoms with E-state index in [1.165, 1.54) is 6.92 Å². The molecule has 1 fully saturated rings. The van der Waals surface area contributed by atoms with Gasteiger partial charge in [0, 0.05) is 12.3 Å². The zero-order valence-corrected chi connectivity index (χ0v) is 14.4. The Morgan fingerprint density at radius 2 is 2.12 bits per heavy atom. The van der Waals surface area contributed by atoms with Crippen LogP contribution in [0.5, 0.6) is 0 Å². The third kappa shape index (κ3) is 3.52. The lowest BCUT2D eigenvalue weighted by Gasteiger charge is -2.33. The average Bonchev–Trinajstić information content (AvgIpc) is 2.67. The summed E-state index contributed by atoms with van der Waals surface area (Å²) in [6.07, 6.45) is -0.205.